The van der Waals surface area contributed by atoms with Crippen molar-refractivity contribution in [1.82, 2.24) is 25.1 Å². The van der Waals surface area contributed by atoms with Gasteiger partial charge in [0.25, 0.3) is 5.91 Å². The Morgan fingerprint density at radius 2 is 1.97 bits per heavy atom. The molecular formula is C23H16FN7OS. The van der Waals surface area contributed by atoms with Gasteiger partial charge in [-0.05, 0) is 35.9 Å². The van der Waals surface area contributed by atoms with Gasteiger partial charge in [-0.15, -0.1) is 10.2 Å². The van der Waals surface area contributed by atoms with Crippen molar-refractivity contribution in [3.63, 3.8) is 0 Å². The van der Waals surface area contributed by atoms with E-state index in [-0.39, 0.29) is 5.56 Å². The lowest BCUT2D eigenvalue weighted by Crippen LogP contribution is -2.14. The molecule has 0 aliphatic carbocycles. The standard InChI is InChI=1S/C23H16FN7OS/c1-25-21-17-10-13(7-8-18(17)28-20(29-21)14-4-3-9-26-11-14)15-5-2-6-16(19(15)24)22(32)30-23-31-27-12-33-23/h2-12H,1H3,(H,25,28,29)(H,30,31,32). The highest BCUT2D eigenvalue weighted by molar-refractivity contribution is 7.13. The molecule has 3 aromatic heterocycles. The quantitative estimate of drug-likeness (QED) is 0.396. The number of anilines is 2. The van der Waals surface area contributed by atoms with Crippen LogP contribution in [0.3, 0.4) is 0 Å². The Labute approximate surface area is 191 Å². The van der Waals surface area contributed by atoms with Gasteiger partial charge in [0.1, 0.15) is 17.1 Å². The molecule has 0 saturated carbocycles. The number of hydrogen-bond acceptors (Lipinski definition) is 8. The number of nitrogens with zero attached hydrogens (tertiary/aromatic N) is 5. The summed E-state index contributed by atoms with van der Waals surface area (Å²) in [7, 11) is 1.76. The highest BCUT2D eigenvalue weighted by Crippen LogP contribution is 2.31. The van der Waals surface area contributed by atoms with Crippen LogP contribution in [0.4, 0.5) is 15.3 Å². The molecule has 0 spiro atoms. The summed E-state index contributed by atoms with van der Waals surface area (Å²) in [4.78, 5) is 25.9. The van der Waals surface area contributed by atoms with Gasteiger partial charge in [0.05, 0.1) is 11.1 Å². The van der Waals surface area contributed by atoms with Crippen LogP contribution in [0, 0.1) is 5.82 Å². The molecule has 5 aromatic rings. The average molecular weight is 457 g/mol. The maximum absolute atomic E-state index is 15.4. The maximum Gasteiger partial charge on any atom is 0.260 e. The van der Waals surface area contributed by atoms with Crippen LogP contribution in [0.25, 0.3) is 33.4 Å². The fourth-order valence-electron chi connectivity index (χ4n) is 3.43. The second kappa shape index (κ2) is 8.67. The van der Waals surface area contributed by atoms with Crippen LogP contribution in [-0.4, -0.2) is 38.1 Å². The third kappa shape index (κ3) is 3.99. The van der Waals surface area contributed by atoms with Crippen molar-refractivity contribution < 1.29 is 9.18 Å². The SMILES string of the molecule is CNc1nc(-c2cccnc2)nc2ccc(-c3cccc(C(=O)Nc4nncs4)c3F)cc12. The summed E-state index contributed by atoms with van der Waals surface area (Å²) in [5.41, 5.74) is 3.78. The van der Waals surface area contributed by atoms with Crippen molar-refractivity contribution >= 4 is 39.1 Å². The third-order valence-electron chi connectivity index (χ3n) is 4.99. The van der Waals surface area contributed by atoms with Gasteiger partial charge < -0.3 is 5.32 Å². The molecule has 10 heteroatoms. The zero-order valence-corrected chi connectivity index (χ0v) is 18.1. The van der Waals surface area contributed by atoms with E-state index in [0.717, 1.165) is 22.3 Å². The van der Waals surface area contributed by atoms with Gasteiger partial charge in [0, 0.05) is 36.0 Å². The summed E-state index contributed by atoms with van der Waals surface area (Å²) < 4.78 is 15.4. The molecule has 0 radical (unpaired) electrons. The number of amides is 1. The second-order valence-corrected chi connectivity index (χ2v) is 7.82. The van der Waals surface area contributed by atoms with E-state index in [9.17, 15) is 4.79 Å². The Kier molecular flexibility index (Phi) is 5.41. The van der Waals surface area contributed by atoms with Crippen LogP contribution in [-0.2, 0) is 0 Å². The Morgan fingerprint density at radius 1 is 1.06 bits per heavy atom. The number of halogens is 1. The third-order valence-corrected chi connectivity index (χ3v) is 5.59. The molecule has 1 amide bonds. The van der Waals surface area contributed by atoms with Gasteiger partial charge in [-0.25, -0.2) is 14.4 Å². The number of carbonyl (C=O) groups is 1. The van der Waals surface area contributed by atoms with Gasteiger partial charge in [0.15, 0.2) is 5.82 Å². The molecule has 33 heavy (non-hydrogen) atoms. The maximum atomic E-state index is 15.4. The molecular weight excluding hydrogens is 441 g/mol. The minimum atomic E-state index is -0.627. The molecule has 5 rings (SSSR count). The van der Waals surface area contributed by atoms with Crippen molar-refractivity contribution in [3.8, 4) is 22.5 Å². The van der Waals surface area contributed by atoms with Gasteiger partial charge in [-0.1, -0.05) is 29.5 Å². The molecule has 3 heterocycles. The Morgan fingerprint density at radius 3 is 2.73 bits per heavy atom. The summed E-state index contributed by atoms with van der Waals surface area (Å²) >= 11 is 1.16. The van der Waals surface area contributed by atoms with Crippen molar-refractivity contribution in [2.75, 3.05) is 17.7 Å². The van der Waals surface area contributed by atoms with Gasteiger partial charge in [-0.3, -0.25) is 15.1 Å². The van der Waals surface area contributed by atoms with E-state index in [1.54, 1.807) is 49.8 Å². The number of benzene rings is 2. The summed E-state index contributed by atoms with van der Waals surface area (Å²) in [6, 6.07) is 13.8. The number of rotatable bonds is 5. The molecule has 0 saturated heterocycles. The summed E-state index contributed by atoms with van der Waals surface area (Å²) in [5.74, 6) is -0.0782. The van der Waals surface area contributed by atoms with E-state index in [1.807, 2.05) is 12.1 Å². The lowest BCUT2D eigenvalue weighted by Gasteiger charge is -2.12. The number of fused-ring (bicyclic) bond motifs is 1. The molecule has 0 fully saturated rings. The van der Waals surface area contributed by atoms with E-state index in [4.69, 9.17) is 0 Å². The summed E-state index contributed by atoms with van der Waals surface area (Å²) in [5, 5.41) is 14.1. The Hall–Kier alpha value is -4.31. The van der Waals surface area contributed by atoms with Crippen LogP contribution < -0.4 is 10.6 Å². The molecule has 0 bridgehead atoms. The largest absolute Gasteiger partial charge is 0.373 e. The van der Waals surface area contributed by atoms with E-state index < -0.39 is 11.7 Å². The van der Waals surface area contributed by atoms with Gasteiger partial charge >= 0.3 is 0 Å². The predicted octanol–water partition coefficient (Wildman–Crippen LogP) is 4.64. The minimum Gasteiger partial charge on any atom is -0.373 e. The highest BCUT2D eigenvalue weighted by atomic mass is 32.1. The van der Waals surface area contributed by atoms with Crippen molar-refractivity contribution in [3.05, 3.63) is 77.8 Å². The van der Waals surface area contributed by atoms with Gasteiger partial charge in [-0.2, -0.15) is 0 Å². The van der Waals surface area contributed by atoms with Crippen LogP contribution in [0.5, 0.6) is 0 Å². The smallest absolute Gasteiger partial charge is 0.260 e. The van der Waals surface area contributed by atoms with Crippen molar-refractivity contribution in [1.29, 1.82) is 0 Å². The fourth-order valence-corrected chi connectivity index (χ4v) is 3.87. The normalized spacial score (nSPS) is 10.8. The Bertz CT molecular complexity index is 1460. The number of hydrogen-bond donors (Lipinski definition) is 2. The van der Waals surface area contributed by atoms with Crippen LogP contribution in [0.1, 0.15) is 10.4 Å². The molecule has 2 aromatic carbocycles. The van der Waals surface area contributed by atoms with E-state index in [1.165, 1.54) is 11.6 Å². The van der Waals surface area contributed by atoms with E-state index in [2.05, 4.69) is 35.8 Å². The number of aromatic nitrogens is 5. The number of carbonyl (C=O) groups excluding carboxylic acids is 1. The zero-order chi connectivity index (χ0) is 22.8. The lowest BCUT2D eigenvalue weighted by atomic mass is 10.00. The van der Waals surface area contributed by atoms with Crippen LogP contribution >= 0.6 is 11.3 Å². The number of pyridine rings is 1. The first-order valence-corrected chi connectivity index (χ1v) is 10.8. The molecule has 0 unspecified atom stereocenters. The molecule has 0 aliphatic rings. The van der Waals surface area contributed by atoms with E-state index in [0.29, 0.717) is 33.4 Å². The van der Waals surface area contributed by atoms with Crippen LogP contribution in [0.2, 0.25) is 0 Å². The topological polar surface area (TPSA) is 106 Å². The molecule has 162 valence electrons. The van der Waals surface area contributed by atoms with Gasteiger partial charge in [0.2, 0.25) is 5.13 Å². The molecule has 0 aliphatic heterocycles. The summed E-state index contributed by atoms with van der Waals surface area (Å²) in [6.07, 6.45) is 3.38. The zero-order valence-electron chi connectivity index (χ0n) is 17.3. The first-order chi connectivity index (χ1) is 16.1. The van der Waals surface area contributed by atoms with Crippen LogP contribution in [0.15, 0.2) is 66.4 Å². The average Bonchev–Trinajstić information content (AvgIpc) is 3.36. The summed E-state index contributed by atoms with van der Waals surface area (Å²) in [6.45, 7) is 0. The molecule has 0 atom stereocenters. The molecule has 8 nitrogen and oxygen atoms in total. The first kappa shape index (κ1) is 20.6. The Balaban J connectivity index is 1.56. The van der Waals surface area contributed by atoms with E-state index >= 15 is 4.39 Å². The fraction of sp³-hybridized carbons (Fsp3) is 0.0435. The second-order valence-electron chi connectivity index (χ2n) is 6.98. The predicted molar refractivity (Wildman–Crippen MR) is 126 cm³/mol. The van der Waals surface area contributed by atoms with Crippen molar-refractivity contribution in [2.24, 2.45) is 0 Å². The number of nitrogens with one attached hydrogen (secondary N) is 2. The minimum absolute atomic E-state index is 0.0835. The van der Waals surface area contributed by atoms with Crippen molar-refractivity contribution in [2.45, 2.75) is 0 Å². The molecule has 2 N–H and O–H groups in total. The monoisotopic (exact) mass is 457 g/mol. The highest BCUT2D eigenvalue weighted by Gasteiger charge is 2.18. The lowest BCUT2D eigenvalue weighted by molar-refractivity contribution is 0.102. The first-order valence-electron chi connectivity index (χ1n) is 9.90.